The number of benzene rings is 2. The minimum Gasteiger partial charge on any atom is -0.493 e. The average molecular weight is 595 g/mol. The van der Waals surface area contributed by atoms with Crippen molar-refractivity contribution in [3.05, 3.63) is 66.1 Å². The van der Waals surface area contributed by atoms with Crippen molar-refractivity contribution in [2.45, 2.75) is 37.1 Å². The second kappa shape index (κ2) is 15.8. The second-order valence-corrected chi connectivity index (χ2v) is 11.0. The summed E-state index contributed by atoms with van der Waals surface area (Å²) in [6.07, 6.45) is 14.5. The molecular weight excluding hydrogens is 563 g/mol. The number of rotatable bonds is 16. The molecule has 0 atom stereocenters. The summed E-state index contributed by atoms with van der Waals surface area (Å²) in [5.41, 5.74) is 1.86. The number of hydrogen-bond acceptors (Lipinski definition) is 7. The van der Waals surface area contributed by atoms with Gasteiger partial charge in [0.25, 0.3) is 0 Å². The molecule has 0 radical (unpaired) electrons. The quantitative estimate of drug-likeness (QED) is 0.183. The Hall–Kier alpha value is -4.81. The fraction of sp³-hybridized carbons (Fsp3) is 0.300. The average Bonchev–Trinajstić information content (AvgIpc) is 3.41. The van der Waals surface area contributed by atoms with E-state index in [0.717, 1.165) is 6.08 Å². The van der Waals surface area contributed by atoms with E-state index >= 15 is 0 Å². The highest BCUT2D eigenvalue weighted by Gasteiger charge is 2.18. The van der Waals surface area contributed by atoms with Gasteiger partial charge in [-0.2, -0.15) is 0 Å². The summed E-state index contributed by atoms with van der Waals surface area (Å²) in [6, 6.07) is 11.5. The van der Waals surface area contributed by atoms with Gasteiger partial charge in [0, 0.05) is 31.0 Å². The first-order valence-corrected chi connectivity index (χ1v) is 14.7. The monoisotopic (exact) mass is 594 g/mol. The van der Waals surface area contributed by atoms with Crippen LogP contribution in [0, 0.1) is 24.7 Å². The summed E-state index contributed by atoms with van der Waals surface area (Å²) in [7, 11) is -4.01. The van der Waals surface area contributed by atoms with Crippen molar-refractivity contribution in [1.29, 1.82) is 0 Å². The fourth-order valence-corrected chi connectivity index (χ4v) is 4.98. The zero-order valence-electron chi connectivity index (χ0n) is 22.8. The van der Waals surface area contributed by atoms with E-state index in [-0.39, 0.29) is 18.0 Å². The maximum Gasteiger partial charge on any atom is 0.404 e. The first-order valence-electron chi connectivity index (χ1n) is 13.0. The molecule has 0 bridgehead atoms. The van der Waals surface area contributed by atoms with Crippen LogP contribution in [0.2, 0.25) is 0 Å². The van der Waals surface area contributed by atoms with Crippen LogP contribution in [0.15, 0.2) is 65.5 Å². The Bertz CT molecular complexity index is 1550. The lowest BCUT2D eigenvalue weighted by Gasteiger charge is -2.11. The summed E-state index contributed by atoms with van der Waals surface area (Å²) in [4.78, 5) is 10.4. The molecule has 0 spiro atoms. The molecule has 12 heteroatoms. The Labute approximate surface area is 244 Å². The number of aromatic nitrogens is 3. The highest BCUT2D eigenvalue weighted by atomic mass is 32.2. The minimum atomic E-state index is -4.01. The minimum absolute atomic E-state index is 0.0728. The molecular formula is C30H31FN4O6S. The van der Waals surface area contributed by atoms with Gasteiger partial charge in [-0.15, -0.1) is 29.8 Å². The van der Waals surface area contributed by atoms with E-state index < -0.39 is 27.5 Å². The summed E-state index contributed by atoms with van der Waals surface area (Å²) >= 11 is 0. The third kappa shape index (κ3) is 10.3. The van der Waals surface area contributed by atoms with Gasteiger partial charge in [0.15, 0.2) is 9.84 Å². The van der Waals surface area contributed by atoms with Crippen molar-refractivity contribution in [2.24, 2.45) is 0 Å². The molecule has 3 rings (SSSR count). The molecule has 42 heavy (non-hydrogen) atoms. The standard InChI is InChI=1S/C30H31FN4O6S/c1-3-5-7-14-40-26-17-24(18-27(19-26)41-15-8-6-4-2)29-21-35(34-33-29)20-23-10-9-11-28(16-23)42(38,39)22-25(31)12-13-32-30(36)37/h1-2,9-12,16-19,21,32H,5-8,13-15,20,22H2,(H,36,37)/b25-12-. The molecule has 0 saturated carbocycles. The van der Waals surface area contributed by atoms with E-state index in [2.05, 4.69) is 22.2 Å². The number of hydrogen-bond donors (Lipinski definition) is 2. The van der Waals surface area contributed by atoms with Crippen molar-refractivity contribution in [1.82, 2.24) is 20.3 Å². The molecule has 0 aliphatic heterocycles. The van der Waals surface area contributed by atoms with E-state index in [1.807, 2.05) is 17.4 Å². The number of unbranched alkanes of at least 4 members (excludes halogenated alkanes) is 2. The lowest BCUT2D eigenvalue weighted by molar-refractivity contribution is 0.195. The first kappa shape index (κ1) is 31.7. The Morgan fingerprint density at radius 1 is 1.07 bits per heavy atom. The van der Waals surface area contributed by atoms with Gasteiger partial charge in [0.05, 0.1) is 30.9 Å². The van der Waals surface area contributed by atoms with E-state index in [0.29, 0.717) is 67.2 Å². The number of carboxylic acid groups (broad SMARTS) is 1. The zero-order valence-corrected chi connectivity index (χ0v) is 23.6. The van der Waals surface area contributed by atoms with Gasteiger partial charge in [0.1, 0.15) is 28.8 Å². The highest BCUT2D eigenvalue weighted by Crippen LogP contribution is 2.29. The van der Waals surface area contributed by atoms with Crippen molar-refractivity contribution in [3.63, 3.8) is 0 Å². The lowest BCUT2D eigenvalue weighted by Crippen LogP contribution is -2.21. The Morgan fingerprint density at radius 2 is 1.74 bits per heavy atom. The van der Waals surface area contributed by atoms with Crippen LogP contribution < -0.4 is 14.8 Å². The van der Waals surface area contributed by atoms with Gasteiger partial charge in [-0.05, 0) is 48.7 Å². The van der Waals surface area contributed by atoms with E-state index in [1.165, 1.54) is 12.1 Å². The Kier molecular flexibility index (Phi) is 12.0. The smallest absolute Gasteiger partial charge is 0.404 e. The van der Waals surface area contributed by atoms with Crippen LogP contribution in [0.25, 0.3) is 11.3 Å². The third-order valence-electron chi connectivity index (χ3n) is 5.69. The van der Waals surface area contributed by atoms with Gasteiger partial charge in [0.2, 0.25) is 0 Å². The van der Waals surface area contributed by atoms with Crippen molar-refractivity contribution >= 4 is 15.9 Å². The maximum absolute atomic E-state index is 14.1. The van der Waals surface area contributed by atoms with Crippen molar-refractivity contribution in [3.8, 4) is 47.4 Å². The predicted octanol–water partition coefficient (Wildman–Crippen LogP) is 4.47. The normalized spacial score (nSPS) is 11.4. The number of halogens is 1. The van der Waals surface area contributed by atoms with Gasteiger partial charge in [-0.3, -0.25) is 0 Å². The molecule has 2 aromatic carbocycles. The summed E-state index contributed by atoms with van der Waals surface area (Å²) in [5, 5.41) is 18.9. The van der Waals surface area contributed by atoms with Crippen molar-refractivity contribution in [2.75, 3.05) is 25.5 Å². The zero-order chi connectivity index (χ0) is 30.4. The van der Waals surface area contributed by atoms with Crippen molar-refractivity contribution < 1.29 is 32.2 Å². The van der Waals surface area contributed by atoms with Crippen LogP contribution >= 0.6 is 0 Å². The molecule has 0 saturated heterocycles. The largest absolute Gasteiger partial charge is 0.493 e. The first-order chi connectivity index (χ1) is 20.2. The van der Waals surface area contributed by atoms with Gasteiger partial charge in [-0.1, -0.05) is 17.3 Å². The fourth-order valence-electron chi connectivity index (χ4n) is 3.72. The van der Waals surface area contributed by atoms with Crippen LogP contribution in [0.1, 0.15) is 31.2 Å². The molecule has 1 amide bonds. The van der Waals surface area contributed by atoms with Gasteiger partial charge in [-0.25, -0.2) is 22.3 Å². The number of terminal acetylenes is 2. The molecule has 220 valence electrons. The lowest BCUT2D eigenvalue weighted by atomic mass is 10.1. The second-order valence-electron chi connectivity index (χ2n) is 9.05. The molecule has 2 N–H and O–H groups in total. The Morgan fingerprint density at radius 3 is 2.36 bits per heavy atom. The third-order valence-corrected chi connectivity index (χ3v) is 7.32. The molecule has 1 aromatic heterocycles. The maximum atomic E-state index is 14.1. The number of sulfone groups is 1. The van der Waals surface area contributed by atoms with Gasteiger partial charge >= 0.3 is 6.09 Å². The molecule has 0 aliphatic rings. The van der Waals surface area contributed by atoms with E-state index in [9.17, 15) is 17.6 Å². The van der Waals surface area contributed by atoms with Crippen LogP contribution in [0.5, 0.6) is 11.5 Å². The van der Waals surface area contributed by atoms with Gasteiger partial charge < -0.3 is 19.9 Å². The molecule has 1 heterocycles. The number of nitrogens with one attached hydrogen (secondary N) is 1. The van der Waals surface area contributed by atoms with Crippen LogP contribution in [0.3, 0.4) is 0 Å². The molecule has 3 aromatic rings. The molecule has 0 aliphatic carbocycles. The summed E-state index contributed by atoms with van der Waals surface area (Å²) in [6.45, 7) is 0.741. The van der Waals surface area contributed by atoms with Crippen LogP contribution in [-0.2, 0) is 16.4 Å². The van der Waals surface area contributed by atoms with E-state index in [4.69, 9.17) is 27.4 Å². The number of nitrogens with zero attached hydrogens (tertiary/aromatic N) is 3. The molecule has 0 fully saturated rings. The summed E-state index contributed by atoms with van der Waals surface area (Å²) < 4.78 is 52.8. The number of carbonyl (C=O) groups is 1. The van der Waals surface area contributed by atoms with E-state index in [1.54, 1.807) is 29.1 Å². The highest BCUT2D eigenvalue weighted by molar-refractivity contribution is 7.91. The summed E-state index contributed by atoms with van der Waals surface area (Å²) in [5.74, 6) is 4.49. The van der Waals surface area contributed by atoms with Crippen LogP contribution in [0.4, 0.5) is 9.18 Å². The Balaban J connectivity index is 1.75. The van der Waals surface area contributed by atoms with Crippen LogP contribution in [-0.4, -0.2) is 60.1 Å². The predicted molar refractivity (Wildman–Crippen MR) is 155 cm³/mol. The SMILES string of the molecule is C#CCCCOc1cc(OCCCC#C)cc(-c2cn(Cc3cccc(S(=O)(=O)C/C(F)=C/CNC(=O)O)c3)nn2)c1. The topological polar surface area (TPSA) is 133 Å². The molecule has 0 unspecified atom stereocenters. The number of amides is 1. The number of ether oxygens (including phenoxy) is 2. The molecule has 10 nitrogen and oxygen atoms in total.